The van der Waals surface area contributed by atoms with Gasteiger partial charge in [0.05, 0.1) is 35.6 Å². The highest BCUT2D eigenvalue weighted by molar-refractivity contribution is 6.03. The molecule has 102 valence electrons. The Balaban J connectivity index is 2.02. The average molecular weight is 279 g/mol. The first-order chi connectivity index (χ1) is 11.5. The van der Waals surface area contributed by atoms with Crippen LogP contribution in [0, 0.1) is 0 Å². The van der Waals surface area contributed by atoms with Gasteiger partial charge in [0.25, 0.3) is 5.65 Å². The van der Waals surface area contributed by atoms with E-state index in [4.69, 9.17) is 4.11 Å². The molecule has 0 aliphatic carbocycles. The molecule has 0 radical (unpaired) electrons. The lowest BCUT2D eigenvalue weighted by molar-refractivity contribution is -0.636. The Kier molecular flexibility index (Phi) is 1.42. The maximum atomic E-state index is 7.97. The second-order valence-corrected chi connectivity index (χ2v) is 5.38. The molecular weight excluding hydrogens is 262 g/mol. The van der Waals surface area contributed by atoms with Crippen molar-refractivity contribution in [3.05, 3.63) is 42.4 Å². The van der Waals surface area contributed by atoms with Crippen molar-refractivity contribution in [2.45, 2.75) is 6.54 Å². The van der Waals surface area contributed by atoms with E-state index in [0.29, 0.717) is 17.8 Å². The highest BCUT2D eigenvalue weighted by Crippen LogP contribution is 2.35. The van der Waals surface area contributed by atoms with Crippen LogP contribution >= 0.6 is 0 Å². The van der Waals surface area contributed by atoms with E-state index in [1.807, 2.05) is 36.0 Å². The minimum atomic E-state index is -2.30. The van der Waals surface area contributed by atoms with Gasteiger partial charge in [-0.25, -0.2) is 18.7 Å². The quantitative estimate of drug-likeness (QED) is 0.405. The van der Waals surface area contributed by atoms with Crippen LogP contribution in [-0.2, 0) is 20.6 Å². The van der Waals surface area contributed by atoms with Crippen molar-refractivity contribution in [1.29, 1.82) is 0 Å². The molecule has 4 aromatic heterocycles. The number of aromatic nitrogens is 5. The topological polar surface area (TPSA) is 39.5 Å². The predicted octanol–water partition coefficient (Wildman–Crippen LogP) is 1.78. The Morgan fingerprint density at radius 3 is 3.19 bits per heavy atom. The zero-order chi connectivity index (χ0) is 16.6. The molecule has 0 saturated heterocycles. The van der Waals surface area contributed by atoms with Crippen LogP contribution < -0.4 is 4.57 Å². The molecule has 0 unspecified atom stereocenters. The molecule has 0 fully saturated rings. The van der Waals surface area contributed by atoms with Crippen LogP contribution in [0.25, 0.3) is 33.6 Å². The van der Waals surface area contributed by atoms with Crippen molar-refractivity contribution in [3.63, 3.8) is 0 Å². The van der Waals surface area contributed by atoms with Gasteiger partial charge in [0.15, 0.2) is 5.52 Å². The van der Waals surface area contributed by atoms with E-state index in [-0.39, 0.29) is 0 Å². The Labute approximate surface area is 125 Å². The van der Waals surface area contributed by atoms with Crippen molar-refractivity contribution in [1.82, 2.24) is 19.1 Å². The first kappa shape index (κ1) is 8.56. The maximum Gasteiger partial charge on any atom is 0.270 e. The molecule has 5 rings (SSSR count). The normalized spacial score (nSPS) is 15.8. The van der Waals surface area contributed by atoms with E-state index in [1.54, 1.807) is 12.4 Å². The fraction of sp³-hybridized carbons (Fsp3) is 0.188. The highest BCUT2D eigenvalue weighted by atomic mass is 15.2. The van der Waals surface area contributed by atoms with Crippen molar-refractivity contribution < 1.29 is 8.68 Å². The molecule has 1 aliphatic heterocycles. The summed E-state index contributed by atoms with van der Waals surface area (Å²) in [6.07, 6.45) is 5.27. The molecule has 0 aromatic carbocycles. The maximum absolute atomic E-state index is 7.97. The van der Waals surface area contributed by atoms with Gasteiger partial charge in [0.1, 0.15) is 0 Å². The molecule has 1 aliphatic rings. The Hall–Kier alpha value is -2.69. The molecule has 0 saturated carbocycles. The Morgan fingerprint density at radius 2 is 2.29 bits per heavy atom. The van der Waals surface area contributed by atoms with Crippen molar-refractivity contribution in [2.75, 3.05) is 0 Å². The Morgan fingerprint density at radius 1 is 1.33 bits per heavy atom. The van der Waals surface area contributed by atoms with Crippen molar-refractivity contribution in [3.8, 4) is 11.4 Å². The fourth-order valence-corrected chi connectivity index (χ4v) is 3.47. The molecule has 4 aromatic rings. The largest absolute Gasteiger partial charge is 0.270 e. The number of nitrogens with zero attached hydrogens (tertiary/aromatic N) is 5. The van der Waals surface area contributed by atoms with Gasteiger partial charge in [-0.3, -0.25) is 4.98 Å². The van der Waals surface area contributed by atoms with E-state index in [0.717, 1.165) is 27.9 Å². The molecule has 5 heteroatoms. The molecule has 5 nitrogen and oxygen atoms in total. The second kappa shape index (κ2) is 3.49. The number of pyridine rings is 2. The summed E-state index contributed by atoms with van der Waals surface area (Å²) >= 11 is 0. The lowest BCUT2D eigenvalue weighted by Crippen LogP contribution is -2.31. The van der Waals surface area contributed by atoms with Gasteiger partial charge in [-0.05, 0) is 18.2 Å². The van der Waals surface area contributed by atoms with Gasteiger partial charge in [-0.2, -0.15) is 0 Å². The smallest absolute Gasteiger partial charge is 0.264 e. The number of imidazole rings is 1. The minimum absolute atomic E-state index is 0.488. The lowest BCUT2D eigenvalue weighted by atomic mass is 10.2. The molecule has 0 amide bonds. The minimum Gasteiger partial charge on any atom is -0.264 e. The lowest BCUT2D eigenvalue weighted by Gasteiger charge is -1.97. The van der Waals surface area contributed by atoms with Gasteiger partial charge in [-0.15, -0.1) is 0 Å². The summed E-state index contributed by atoms with van der Waals surface area (Å²) in [5.74, 6) is 1.00. The summed E-state index contributed by atoms with van der Waals surface area (Å²) in [5, 5.41) is 0.853. The van der Waals surface area contributed by atoms with Crippen LogP contribution in [0.15, 0.2) is 36.8 Å². The van der Waals surface area contributed by atoms with E-state index >= 15 is 0 Å². The molecule has 0 bridgehead atoms. The summed E-state index contributed by atoms with van der Waals surface area (Å²) in [4.78, 5) is 8.54. The molecule has 21 heavy (non-hydrogen) atoms. The summed E-state index contributed by atoms with van der Waals surface area (Å²) in [7, 11) is 1.91. The van der Waals surface area contributed by atoms with Gasteiger partial charge in [0, 0.05) is 24.2 Å². The van der Waals surface area contributed by atoms with Gasteiger partial charge < -0.3 is 0 Å². The van der Waals surface area contributed by atoms with E-state index in [1.165, 1.54) is 4.57 Å². The highest BCUT2D eigenvalue weighted by Gasteiger charge is 2.34. The Bertz CT molecular complexity index is 1140. The number of hydrogen-bond acceptors (Lipinski definition) is 2. The summed E-state index contributed by atoms with van der Waals surface area (Å²) in [5.41, 5.74) is 4.30. The zero-order valence-electron chi connectivity index (χ0n) is 14.4. The summed E-state index contributed by atoms with van der Waals surface area (Å²) in [6, 6.07) is 5.75. The first-order valence-electron chi connectivity index (χ1n) is 8.30. The van der Waals surface area contributed by atoms with Gasteiger partial charge in [0.2, 0.25) is 11.5 Å². The monoisotopic (exact) mass is 279 g/mol. The first-order valence-corrected chi connectivity index (χ1v) is 6.80. The van der Waals surface area contributed by atoms with Crippen LogP contribution in [0.5, 0.6) is 0 Å². The van der Waals surface area contributed by atoms with E-state index in [2.05, 4.69) is 14.5 Å². The number of hydrogen-bond donors (Lipinski definition) is 0. The average Bonchev–Trinajstić information content (AvgIpc) is 3.15. The molecule has 5 heterocycles. The fourth-order valence-electron chi connectivity index (χ4n) is 3.47. The SMILES string of the molecule is [2H]C([2H])([2H])n1c2ncccc2c2c1[n+](C)c1n2Cc2cnccc2-1. The van der Waals surface area contributed by atoms with Crippen molar-refractivity contribution >= 4 is 22.2 Å². The third-order valence-corrected chi connectivity index (χ3v) is 4.31. The zero-order valence-corrected chi connectivity index (χ0v) is 11.4. The van der Waals surface area contributed by atoms with Gasteiger partial charge >= 0.3 is 0 Å². The summed E-state index contributed by atoms with van der Waals surface area (Å²) < 4.78 is 29.4. The van der Waals surface area contributed by atoms with Crippen LogP contribution in [0.2, 0.25) is 0 Å². The number of aryl methyl sites for hydroxylation is 2. The van der Waals surface area contributed by atoms with Crippen LogP contribution in [-0.4, -0.2) is 19.1 Å². The third kappa shape index (κ3) is 1.15. The second-order valence-electron chi connectivity index (χ2n) is 5.38. The van der Waals surface area contributed by atoms with Gasteiger partial charge in [-0.1, -0.05) is 0 Å². The van der Waals surface area contributed by atoms with E-state index < -0.39 is 6.98 Å². The number of rotatable bonds is 0. The summed E-state index contributed by atoms with van der Waals surface area (Å²) in [6.45, 7) is -1.61. The van der Waals surface area contributed by atoms with Crippen LogP contribution in [0.1, 0.15) is 9.68 Å². The molecule has 0 N–H and O–H groups in total. The molecular formula is C16H14N5+. The van der Waals surface area contributed by atoms with Crippen molar-refractivity contribution in [2.24, 2.45) is 14.0 Å². The molecule has 0 spiro atoms. The number of fused-ring (bicyclic) bond motifs is 7. The third-order valence-electron chi connectivity index (χ3n) is 4.31. The van der Waals surface area contributed by atoms with Crippen LogP contribution in [0.3, 0.4) is 0 Å². The molecule has 0 atom stereocenters. The standard InChI is InChI=1S/C16H14N5/c1-19-14-12(4-3-6-18-14)13-16(19)20(2)15-11-5-7-17-8-10(11)9-21(13)15/h3-8H,9H2,1-2H3/q+1/i1D3. The van der Waals surface area contributed by atoms with E-state index in [9.17, 15) is 0 Å². The van der Waals surface area contributed by atoms with Crippen LogP contribution in [0.4, 0.5) is 0 Å². The predicted molar refractivity (Wildman–Crippen MR) is 79.7 cm³/mol.